The lowest BCUT2D eigenvalue weighted by molar-refractivity contribution is -0.385. The zero-order chi connectivity index (χ0) is 16.7. The fourth-order valence-electron chi connectivity index (χ4n) is 2.35. The molecule has 0 radical (unpaired) electrons. The third kappa shape index (κ3) is 2.46. The number of alkyl halides is 1. The molecule has 0 aliphatic carbocycles. The van der Waals surface area contributed by atoms with Crippen LogP contribution in [-0.2, 0) is 10.3 Å². The molecule has 0 spiro atoms. The normalized spacial score (nSPS) is 38.7. The topological polar surface area (TPSA) is 154 Å². The van der Waals surface area contributed by atoms with Crippen LogP contribution in [0.15, 0.2) is 24.3 Å². The molecular formula is C12H14ClNO8. The van der Waals surface area contributed by atoms with Crippen molar-refractivity contribution in [3.63, 3.8) is 0 Å². The summed E-state index contributed by atoms with van der Waals surface area (Å²) >= 11 is 5.59. The van der Waals surface area contributed by atoms with Crippen LogP contribution in [0.4, 0.5) is 5.69 Å². The maximum Gasteiger partial charge on any atom is 0.269 e. The molecule has 1 aromatic carbocycles. The van der Waals surface area contributed by atoms with Gasteiger partial charge in [0.1, 0.15) is 17.8 Å². The highest BCUT2D eigenvalue weighted by atomic mass is 35.5. The van der Waals surface area contributed by atoms with Gasteiger partial charge in [0.25, 0.3) is 5.69 Å². The average molecular weight is 336 g/mol. The lowest BCUT2D eigenvalue weighted by atomic mass is 9.78. The fraction of sp³-hybridized carbons (Fsp3) is 0.500. The molecule has 0 bridgehead atoms. The number of nitro benzene ring substituents is 1. The summed E-state index contributed by atoms with van der Waals surface area (Å²) in [6.07, 6.45) is -5.71. The molecule has 0 aromatic heterocycles. The van der Waals surface area contributed by atoms with Crippen molar-refractivity contribution in [2.75, 3.05) is 6.61 Å². The summed E-state index contributed by atoms with van der Waals surface area (Å²) in [4.78, 5) is 9.97. The Labute approximate surface area is 129 Å². The molecular weight excluding hydrogens is 322 g/mol. The first-order valence-corrected chi connectivity index (χ1v) is 6.54. The zero-order valence-corrected chi connectivity index (χ0v) is 11.8. The quantitative estimate of drug-likeness (QED) is 0.262. The van der Waals surface area contributed by atoms with Crippen molar-refractivity contribution in [2.45, 2.75) is 29.2 Å². The number of hydrogen-bond acceptors (Lipinski definition) is 8. The number of nitro groups is 1. The molecule has 5 N–H and O–H groups in total. The van der Waals surface area contributed by atoms with Crippen LogP contribution in [0.1, 0.15) is 5.56 Å². The summed E-state index contributed by atoms with van der Waals surface area (Å²) in [5.74, 6) is 0. The predicted octanol–water partition coefficient (Wildman–Crippen LogP) is -1.22. The molecule has 1 heterocycles. The van der Waals surface area contributed by atoms with Crippen molar-refractivity contribution in [1.82, 2.24) is 0 Å². The highest BCUT2D eigenvalue weighted by molar-refractivity contribution is 6.23. The molecule has 0 amide bonds. The molecule has 1 fully saturated rings. The van der Waals surface area contributed by atoms with Crippen molar-refractivity contribution < 1.29 is 35.2 Å². The standard InChI is InChI=1S/C12H14ClNO8/c13-12(19)9(16)11(18,8(5-15)22-10(12)17)6-1-3-7(4-2-6)14(20)21/h1-4,8-10,15-19H,5H2/t8-,9+,10-,11+,12-/m1/s1. The van der Waals surface area contributed by atoms with Gasteiger partial charge >= 0.3 is 0 Å². The summed E-state index contributed by atoms with van der Waals surface area (Å²) in [5, 5.41) is 57.4. The Hall–Kier alpha value is -1.33. The number of rotatable bonds is 3. The van der Waals surface area contributed by atoms with Crippen molar-refractivity contribution in [3.8, 4) is 0 Å². The van der Waals surface area contributed by atoms with Crippen molar-refractivity contribution in [2.24, 2.45) is 0 Å². The third-order valence-corrected chi connectivity index (χ3v) is 4.03. The largest absolute Gasteiger partial charge is 0.394 e. The Morgan fingerprint density at radius 1 is 1.27 bits per heavy atom. The van der Waals surface area contributed by atoms with Gasteiger partial charge in [-0.3, -0.25) is 10.1 Å². The Kier molecular flexibility index (Phi) is 4.42. The number of aliphatic hydroxyl groups is 5. The van der Waals surface area contributed by atoms with E-state index in [0.29, 0.717) is 0 Å². The zero-order valence-electron chi connectivity index (χ0n) is 11.0. The Morgan fingerprint density at radius 2 is 1.82 bits per heavy atom. The molecule has 1 aromatic rings. The van der Waals surface area contributed by atoms with Gasteiger partial charge in [0, 0.05) is 12.1 Å². The monoisotopic (exact) mass is 335 g/mol. The van der Waals surface area contributed by atoms with Crippen LogP contribution in [0.2, 0.25) is 0 Å². The van der Waals surface area contributed by atoms with E-state index in [4.69, 9.17) is 16.3 Å². The molecule has 2 rings (SSSR count). The van der Waals surface area contributed by atoms with Crippen LogP contribution in [-0.4, -0.2) is 60.6 Å². The molecule has 0 unspecified atom stereocenters. The lowest BCUT2D eigenvalue weighted by Crippen LogP contribution is -2.69. The summed E-state index contributed by atoms with van der Waals surface area (Å²) in [7, 11) is 0. The number of halogens is 1. The van der Waals surface area contributed by atoms with Gasteiger partial charge in [0.2, 0.25) is 11.4 Å². The molecule has 10 heteroatoms. The van der Waals surface area contributed by atoms with E-state index in [2.05, 4.69) is 0 Å². The number of ether oxygens (including phenoxy) is 1. The second-order valence-electron chi connectivity index (χ2n) is 4.92. The average Bonchev–Trinajstić information content (AvgIpc) is 2.49. The highest BCUT2D eigenvalue weighted by Crippen LogP contribution is 2.44. The van der Waals surface area contributed by atoms with Crippen LogP contribution < -0.4 is 0 Å². The van der Waals surface area contributed by atoms with Gasteiger partial charge in [-0.1, -0.05) is 11.6 Å². The Balaban J connectivity index is 2.49. The van der Waals surface area contributed by atoms with Gasteiger partial charge in [0.05, 0.1) is 11.5 Å². The van der Waals surface area contributed by atoms with Crippen molar-refractivity contribution in [1.29, 1.82) is 0 Å². The second kappa shape index (κ2) is 5.70. The first-order chi connectivity index (χ1) is 10.2. The minimum atomic E-state index is -2.73. The second-order valence-corrected chi connectivity index (χ2v) is 5.52. The Bertz CT molecular complexity index is 565. The summed E-state index contributed by atoms with van der Waals surface area (Å²) in [5.41, 5.74) is -2.74. The molecule has 1 saturated heterocycles. The van der Waals surface area contributed by atoms with E-state index in [-0.39, 0.29) is 11.3 Å². The summed E-state index contributed by atoms with van der Waals surface area (Å²) in [6.45, 7) is -0.811. The molecule has 122 valence electrons. The van der Waals surface area contributed by atoms with Crippen LogP contribution in [0.5, 0.6) is 0 Å². The first kappa shape index (κ1) is 17.0. The molecule has 22 heavy (non-hydrogen) atoms. The minimum Gasteiger partial charge on any atom is -0.394 e. The van der Waals surface area contributed by atoms with Crippen LogP contribution in [0, 0.1) is 10.1 Å². The summed E-state index contributed by atoms with van der Waals surface area (Å²) < 4.78 is 4.85. The van der Waals surface area contributed by atoms with Crippen molar-refractivity contribution in [3.05, 3.63) is 39.9 Å². The van der Waals surface area contributed by atoms with E-state index in [0.717, 1.165) is 24.3 Å². The van der Waals surface area contributed by atoms with Crippen molar-refractivity contribution >= 4 is 17.3 Å². The molecule has 1 aliphatic rings. The van der Waals surface area contributed by atoms with Crippen LogP contribution in [0.3, 0.4) is 0 Å². The molecule has 1 aliphatic heterocycles. The maximum absolute atomic E-state index is 10.7. The van der Waals surface area contributed by atoms with Gasteiger partial charge in [-0.2, -0.15) is 0 Å². The van der Waals surface area contributed by atoms with E-state index >= 15 is 0 Å². The summed E-state index contributed by atoms with van der Waals surface area (Å²) in [6, 6.07) is 4.37. The number of nitrogens with zero attached hydrogens (tertiary/aromatic N) is 1. The lowest BCUT2D eigenvalue weighted by Gasteiger charge is -2.50. The van der Waals surface area contributed by atoms with E-state index in [1.54, 1.807) is 0 Å². The Morgan fingerprint density at radius 3 is 2.27 bits per heavy atom. The maximum atomic E-state index is 10.7. The predicted molar refractivity (Wildman–Crippen MR) is 71.8 cm³/mol. The number of non-ortho nitro benzene ring substituents is 1. The molecule has 5 atom stereocenters. The van der Waals surface area contributed by atoms with Gasteiger partial charge in [-0.05, 0) is 17.7 Å². The van der Waals surface area contributed by atoms with Gasteiger partial charge in [-0.25, -0.2) is 0 Å². The van der Waals surface area contributed by atoms with Gasteiger partial charge in [-0.15, -0.1) is 0 Å². The van der Waals surface area contributed by atoms with E-state index in [1.165, 1.54) is 0 Å². The minimum absolute atomic E-state index is 0.0874. The number of benzene rings is 1. The highest BCUT2D eigenvalue weighted by Gasteiger charge is 2.62. The first-order valence-electron chi connectivity index (χ1n) is 6.16. The smallest absolute Gasteiger partial charge is 0.269 e. The fourth-order valence-corrected chi connectivity index (χ4v) is 2.57. The molecule has 9 nitrogen and oxygen atoms in total. The van der Waals surface area contributed by atoms with E-state index in [9.17, 15) is 35.6 Å². The third-order valence-electron chi connectivity index (χ3n) is 3.64. The van der Waals surface area contributed by atoms with Crippen LogP contribution in [0.25, 0.3) is 0 Å². The SMILES string of the molecule is O=[N+]([O-])c1ccc([C@@]2(O)[C@H](O)[C@](O)(Cl)[C@H](O)O[C@@H]2CO)cc1. The van der Waals surface area contributed by atoms with Crippen LogP contribution >= 0.6 is 11.6 Å². The number of hydrogen-bond donors (Lipinski definition) is 5. The van der Waals surface area contributed by atoms with E-state index < -0.39 is 40.7 Å². The van der Waals surface area contributed by atoms with E-state index in [1.807, 2.05) is 0 Å². The van der Waals surface area contributed by atoms with Gasteiger partial charge in [0.15, 0.2) is 0 Å². The molecule has 0 saturated carbocycles. The van der Waals surface area contributed by atoms with Gasteiger partial charge < -0.3 is 30.3 Å². The number of aliphatic hydroxyl groups excluding tert-OH is 3.